The second-order valence-corrected chi connectivity index (χ2v) is 8.15. The number of imidazole rings is 1. The Bertz CT molecular complexity index is 1300. The van der Waals surface area contributed by atoms with Crippen molar-refractivity contribution < 1.29 is 23.7 Å². The molecule has 0 saturated carbocycles. The second kappa shape index (κ2) is 12.0. The summed E-state index contributed by atoms with van der Waals surface area (Å²) in [6, 6.07) is 20.7. The number of fused-ring (bicyclic) bond motifs is 1. The largest absolute Gasteiger partial charge is 0.497 e. The predicted octanol–water partition coefficient (Wildman–Crippen LogP) is 4.85. The van der Waals surface area contributed by atoms with Crippen molar-refractivity contribution in [3.05, 3.63) is 78.1 Å². The third-order valence-corrected chi connectivity index (χ3v) is 5.89. The maximum atomic E-state index is 12.8. The fraction of sp³-hybridized carbons (Fsp3) is 0.286. The van der Waals surface area contributed by atoms with E-state index in [1.165, 1.54) is 0 Å². The van der Waals surface area contributed by atoms with Crippen molar-refractivity contribution in [3.63, 3.8) is 0 Å². The van der Waals surface area contributed by atoms with Gasteiger partial charge >= 0.3 is 0 Å². The monoisotopic (exact) mass is 489 g/mol. The Kier molecular flexibility index (Phi) is 8.28. The lowest BCUT2D eigenvalue weighted by atomic mass is 10.2. The molecule has 188 valence electrons. The van der Waals surface area contributed by atoms with Gasteiger partial charge in [0.15, 0.2) is 11.5 Å². The number of amides is 1. The van der Waals surface area contributed by atoms with E-state index in [2.05, 4.69) is 16.0 Å². The van der Waals surface area contributed by atoms with Crippen LogP contribution < -0.4 is 24.3 Å². The molecule has 1 aromatic heterocycles. The SMILES string of the molecule is COc1ccc(OCCCCn2c(CNC(=O)c3ccc(OC)c(OC)c3)nc3ccccc32)cc1. The van der Waals surface area contributed by atoms with Gasteiger partial charge in [0.25, 0.3) is 5.91 Å². The number of hydrogen-bond donors (Lipinski definition) is 1. The Morgan fingerprint density at radius 1 is 0.861 bits per heavy atom. The molecule has 0 saturated heterocycles. The van der Waals surface area contributed by atoms with E-state index in [0.717, 1.165) is 47.7 Å². The number of unbranched alkanes of at least 4 members (excludes halogenated alkanes) is 1. The molecule has 1 amide bonds. The number of ether oxygens (including phenoxy) is 4. The number of carbonyl (C=O) groups is 1. The van der Waals surface area contributed by atoms with E-state index in [9.17, 15) is 4.79 Å². The summed E-state index contributed by atoms with van der Waals surface area (Å²) in [6.45, 7) is 1.70. The first-order valence-corrected chi connectivity index (χ1v) is 11.8. The number of methoxy groups -OCH3 is 3. The van der Waals surface area contributed by atoms with Crippen molar-refractivity contribution in [2.24, 2.45) is 0 Å². The minimum atomic E-state index is -0.206. The smallest absolute Gasteiger partial charge is 0.251 e. The summed E-state index contributed by atoms with van der Waals surface area (Å²) >= 11 is 0. The average Bonchev–Trinajstić information content (AvgIpc) is 3.28. The molecule has 1 heterocycles. The van der Waals surface area contributed by atoms with E-state index in [1.807, 2.05) is 42.5 Å². The van der Waals surface area contributed by atoms with Gasteiger partial charge in [0.1, 0.15) is 17.3 Å². The van der Waals surface area contributed by atoms with Crippen LogP contribution in [0, 0.1) is 0 Å². The highest BCUT2D eigenvalue weighted by Gasteiger charge is 2.14. The number of nitrogens with one attached hydrogen (secondary N) is 1. The Morgan fingerprint density at radius 3 is 2.36 bits per heavy atom. The first-order valence-electron chi connectivity index (χ1n) is 11.8. The van der Waals surface area contributed by atoms with Crippen molar-refractivity contribution in [3.8, 4) is 23.0 Å². The number of aryl methyl sites for hydroxylation is 1. The van der Waals surface area contributed by atoms with E-state index in [-0.39, 0.29) is 5.91 Å². The Morgan fingerprint density at radius 2 is 1.61 bits per heavy atom. The van der Waals surface area contributed by atoms with Gasteiger partial charge in [-0.15, -0.1) is 0 Å². The molecule has 0 unspecified atom stereocenters. The molecule has 0 bridgehead atoms. The molecule has 3 aromatic carbocycles. The molecule has 0 atom stereocenters. The maximum absolute atomic E-state index is 12.8. The summed E-state index contributed by atoms with van der Waals surface area (Å²) < 4.78 is 23.8. The molecule has 4 rings (SSSR count). The van der Waals surface area contributed by atoms with Gasteiger partial charge in [0.2, 0.25) is 0 Å². The third-order valence-electron chi connectivity index (χ3n) is 5.89. The molecule has 1 N–H and O–H groups in total. The minimum absolute atomic E-state index is 0.206. The lowest BCUT2D eigenvalue weighted by molar-refractivity contribution is 0.0949. The van der Waals surface area contributed by atoms with Crippen molar-refractivity contribution in [1.29, 1.82) is 0 Å². The molecular weight excluding hydrogens is 458 g/mol. The molecule has 4 aromatic rings. The van der Waals surface area contributed by atoms with Crippen molar-refractivity contribution in [2.75, 3.05) is 27.9 Å². The van der Waals surface area contributed by atoms with Crippen molar-refractivity contribution in [1.82, 2.24) is 14.9 Å². The standard InChI is InChI=1S/C28H31N3O5/c1-33-21-11-13-22(14-12-21)36-17-7-6-16-31-24-9-5-4-8-23(24)30-27(31)19-29-28(32)20-10-15-25(34-2)26(18-20)35-3/h4-5,8-15,18H,6-7,16-17,19H2,1-3H3,(H,29,32). The maximum Gasteiger partial charge on any atom is 0.251 e. The van der Waals surface area contributed by atoms with Crippen LogP contribution in [-0.4, -0.2) is 43.4 Å². The summed E-state index contributed by atoms with van der Waals surface area (Å²) in [5.74, 6) is 3.31. The zero-order valence-corrected chi connectivity index (χ0v) is 20.8. The van der Waals surface area contributed by atoms with Crippen molar-refractivity contribution in [2.45, 2.75) is 25.9 Å². The van der Waals surface area contributed by atoms with Gasteiger partial charge in [-0.2, -0.15) is 0 Å². The summed E-state index contributed by atoms with van der Waals surface area (Å²) in [5, 5.41) is 2.98. The quantitative estimate of drug-likeness (QED) is 0.287. The van der Waals surface area contributed by atoms with Gasteiger partial charge in [-0.25, -0.2) is 4.98 Å². The number of carbonyl (C=O) groups excluding carboxylic acids is 1. The van der Waals surface area contributed by atoms with Crippen LogP contribution in [0.4, 0.5) is 0 Å². The van der Waals surface area contributed by atoms with E-state index in [4.69, 9.17) is 23.9 Å². The highest BCUT2D eigenvalue weighted by molar-refractivity contribution is 5.94. The van der Waals surface area contributed by atoms with Crippen LogP contribution in [-0.2, 0) is 13.1 Å². The van der Waals surface area contributed by atoms with E-state index in [0.29, 0.717) is 30.2 Å². The van der Waals surface area contributed by atoms with Gasteiger partial charge in [-0.1, -0.05) is 12.1 Å². The number of para-hydroxylation sites is 2. The van der Waals surface area contributed by atoms with Gasteiger partial charge in [-0.05, 0) is 67.4 Å². The van der Waals surface area contributed by atoms with E-state index >= 15 is 0 Å². The predicted molar refractivity (Wildman–Crippen MR) is 138 cm³/mol. The van der Waals surface area contributed by atoms with Crippen LogP contribution in [0.15, 0.2) is 66.7 Å². The van der Waals surface area contributed by atoms with Crippen LogP contribution >= 0.6 is 0 Å². The van der Waals surface area contributed by atoms with Crippen LogP contribution in [0.1, 0.15) is 29.0 Å². The molecule has 0 aliphatic carbocycles. The van der Waals surface area contributed by atoms with E-state index < -0.39 is 0 Å². The molecule has 0 spiro atoms. The van der Waals surface area contributed by atoms with Gasteiger partial charge in [0.05, 0.1) is 45.5 Å². The van der Waals surface area contributed by atoms with Crippen LogP contribution in [0.25, 0.3) is 11.0 Å². The highest BCUT2D eigenvalue weighted by atomic mass is 16.5. The fourth-order valence-corrected chi connectivity index (χ4v) is 3.98. The van der Waals surface area contributed by atoms with Gasteiger partial charge in [-0.3, -0.25) is 4.79 Å². The normalized spacial score (nSPS) is 10.8. The molecule has 8 heteroatoms. The molecule has 0 aliphatic rings. The zero-order valence-electron chi connectivity index (χ0n) is 20.8. The number of rotatable bonds is 12. The Hall–Kier alpha value is -4.20. The summed E-state index contributed by atoms with van der Waals surface area (Å²) in [7, 11) is 4.75. The molecule has 0 aliphatic heterocycles. The van der Waals surface area contributed by atoms with E-state index in [1.54, 1.807) is 39.5 Å². The summed E-state index contributed by atoms with van der Waals surface area (Å²) in [5.41, 5.74) is 2.44. The number of benzene rings is 3. The van der Waals surface area contributed by atoms with Gasteiger partial charge in [0, 0.05) is 12.1 Å². The second-order valence-electron chi connectivity index (χ2n) is 8.15. The Labute approximate surface area is 210 Å². The first kappa shape index (κ1) is 24.9. The van der Waals surface area contributed by atoms with Gasteiger partial charge < -0.3 is 28.8 Å². The van der Waals surface area contributed by atoms with Crippen LogP contribution in [0.2, 0.25) is 0 Å². The average molecular weight is 490 g/mol. The van der Waals surface area contributed by atoms with Crippen LogP contribution in [0.3, 0.4) is 0 Å². The first-order chi connectivity index (χ1) is 17.6. The van der Waals surface area contributed by atoms with Crippen molar-refractivity contribution >= 4 is 16.9 Å². The lowest BCUT2D eigenvalue weighted by Crippen LogP contribution is -2.25. The topological polar surface area (TPSA) is 83.8 Å². The summed E-state index contributed by atoms with van der Waals surface area (Å²) in [4.78, 5) is 17.6. The lowest BCUT2D eigenvalue weighted by Gasteiger charge is -2.12. The summed E-state index contributed by atoms with van der Waals surface area (Å²) in [6.07, 6.45) is 1.79. The fourth-order valence-electron chi connectivity index (χ4n) is 3.98. The number of hydrogen-bond acceptors (Lipinski definition) is 6. The third kappa shape index (κ3) is 5.89. The zero-order chi connectivity index (χ0) is 25.3. The molecule has 8 nitrogen and oxygen atoms in total. The number of aromatic nitrogens is 2. The molecule has 36 heavy (non-hydrogen) atoms. The minimum Gasteiger partial charge on any atom is -0.497 e. The Balaban J connectivity index is 1.37. The molecule has 0 fully saturated rings. The number of nitrogens with zero attached hydrogens (tertiary/aromatic N) is 2. The molecular formula is C28H31N3O5. The molecule has 0 radical (unpaired) electrons. The van der Waals surface area contributed by atoms with Crippen LogP contribution in [0.5, 0.6) is 23.0 Å². The highest BCUT2D eigenvalue weighted by Crippen LogP contribution is 2.27.